The molecule has 0 fully saturated rings. The maximum atomic E-state index is 12.1. The van der Waals surface area contributed by atoms with Gasteiger partial charge in [0.05, 0.1) is 5.69 Å². The third-order valence-electron chi connectivity index (χ3n) is 2.57. The highest BCUT2D eigenvalue weighted by atomic mass is 32.1. The van der Waals surface area contributed by atoms with Crippen molar-refractivity contribution in [1.82, 2.24) is 9.59 Å². The van der Waals surface area contributed by atoms with Crippen molar-refractivity contribution in [2.24, 2.45) is 5.73 Å². The number of aromatic nitrogens is 2. The van der Waals surface area contributed by atoms with E-state index in [1.165, 1.54) is 0 Å². The quantitative estimate of drug-likeness (QED) is 0.834. The number of anilines is 1. The van der Waals surface area contributed by atoms with Crippen molar-refractivity contribution in [1.29, 1.82) is 0 Å². The maximum absolute atomic E-state index is 12.1. The first-order chi connectivity index (χ1) is 10.1. The molecule has 0 aliphatic heterocycles. The van der Waals surface area contributed by atoms with Gasteiger partial charge in [0.15, 0.2) is 6.61 Å². The van der Waals surface area contributed by atoms with E-state index < -0.39 is 5.91 Å². The first kappa shape index (κ1) is 14.9. The van der Waals surface area contributed by atoms with Gasteiger partial charge in [-0.05, 0) is 30.1 Å². The highest BCUT2D eigenvalue weighted by Crippen LogP contribution is 2.19. The van der Waals surface area contributed by atoms with Gasteiger partial charge in [-0.25, -0.2) is 0 Å². The highest BCUT2D eigenvalue weighted by molar-refractivity contribution is 7.08. The Morgan fingerprint density at radius 1 is 1.43 bits per heavy atom. The molecule has 1 heterocycles. The molecule has 0 atom stereocenters. The molecule has 3 N–H and O–H groups in total. The van der Waals surface area contributed by atoms with Crippen LogP contribution in [0.2, 0.25) is 0 Å². The van der Waals surface area contributed by atoms with Gasteiger partial charge in [-0.2, -0.15) is 0 Å². The molecule has 2 aromatic rings. The van der Waals surface area contributed by atoms with E-state index in [-0.39, 0.29) is 12.5 Å². The molecule has 0 saturated carbocycles. The molecule has 2 amide bonds. The fourth-order valence-corrected chi connectivity index (χ4v) is 2.26. The zero-order chi connectivity index (χ0) is 15.2. The normalized spacial score (nSPS) is 10.1. The summed E-state index contributed by atoms with van der Waals surface area (Å²) in [6.45, 7) is 1.70. The number of nitrogens with two attached hydrogens (primary N) is 1. The summed E-state index contributed by atoms with van der Waals surface area (Å²) in [6.07, 6.45) is 0.640. The van der Waals surface area contributed by atoms with Crippen molar-refractivity contribution < 1.29 is 14.3 Å². The number of amides is 2. The van der Waals surface area contributed by atoms with E-state index >= 15 is 0 Å². The summed E-state index contributed by atoms with van der Waals surface area (Å²) in [4.78, 5) is 23.3. The standard InChI is InChI=1S/C13H14N4O3S/c1-2-10-12(21-17-16-10)13(19)15-8-4-3-5-9(6-8)20-7-11(14)18/h3-6H,2,7H2,1H3,(H2,14,18)(H,15,19). The minimum atomic E-state index is -0.562. The van der Waals surface area contributed by atoms with Gasteiger partial charge in [-0.15, -0.1) is 5.10 Å². The van der Waals surface area contributed by atoms with E-state index in [4.69, 9.17) is 10.5 Å². The number of hydrogen-bond acceptors (Lipinski definition) is 6. The zero-order valence-corrected chi connectivity index (χ0v) is 12.1. The van der Waals surface area contributed by atoms with Gasteiger partial charge in [-0.1, -0.05) is 17.5 Å². The van der Waals surface area contributed by atoms with Gasteiger partial charge in [0.25, 0.3) is 11.8 Å². The number of nitrogens with one attached hydrogen (secondary N) is 1. The molecule has 0 bridgehead atoms. The van der Waals surface area contributed by atoms with Crippen LogP contribution in [-0.2, 0) is 11.2 Å². The van der Waals surface area contributed by atoms with Crippen LogP contribution in [0.3, 0.4) is 0 Å². The Hall–Kier alpha value is -2.48. The fraction of sp³-hybridized carbons (Fsp3) is 0.231. The number of benzene rings is 1. The largest absolute Gasteiger partial charge is 0.484 e. The minimum absolute atomic E-state index is 0.212. The highest BCUT2D eigenvalue weighted by Gasteiger charge is 2.15. The van der Waals surface area contributed by atoms with Crippen LogP contribution in [0.4, 0.5) is 5.69 Å². The number of nitrogens with zero attached hydrogens (tertiary/aromatic N) is 2. The van der Waals surface area contributed by atoms with E-state index in [9.17, 15) is 9.59 Å². The van der Waals surface area contributed by atoms with Gasteiger partial charge in [-0.3, -0.25) is 9.59 Å². The third-order valence-corrected chi connectivity index (χ3v) is 3.34. The van der Waals surface area contributed by atoms with Crippen molar-refractivity contribution in [3.05, 3.63) is 34.8 Å². The van der Waals surface area contributed by atoms with Gasteiger partial charge in [0.1, 0.15) is 10.6 Å². The predicted octanol–water partition coefficient (Wildman–Crippen LogP) is 1.22. The Morgan fingerprint density at radius 2 is 2.24 bits per heavy atom. The summed E-state index contributed by atoms with van der Waals surface area (Å²) < 4.78 is 8.95. The van der Waals surface area contributed by atoms with Crippen LogP contribution in [0.5, 0.6) is 5.75 Å². The minimum Gasteiger partial charge on any atom is -0.484 e. The van der Waals surface area contributed by atoms with E-state index in [2.05, 4.69) is 14.9 Å². The van der Waals surface area contributed by atoms with Crippen molar-refractivity contribution in [2.75, 3.05) is 11.9 Å². The first-order valence-corrected chi connectivity index (χ1v) is 7.01. The Kier molecular flexibility index (Phi) is 4.83. The average Bonchev–Trinajstić information content (AvgIpc) is 2.94. The molecule has 110 valence electrons. The second-order valence-corrected chi connectivity index (χ2v) is 4.89. The van der Waals surface area contributed by atoms with E-state index in [0.29, 0.717) is 28.4 Å². The van der Waals surface area contributed by atoms with E-state index in [0.717, 1.165) is 11.5 Å². The summed E-state index contributed by atoms with van der Waals surface area (Å²) in [5, 5.41) is 6.64. The molecule has 0 unspecified atom stereocenters. The van der Waals surface area contributed by atoms with Gasteiger partial charge in [0, 0.05) is 11.8 Å². The Labute approximate surface area is 125 Å². The number of ether oxygens (including phenoxy) is 1. The number of carbonyl (C=O) groups is 2. The summed E-state index contributed by atoms with van der Waals surface area (Å²) in [5.41, 5.74) is 6.23. The lowest BCUT2D eigenvalue weighted by Crippen LogP contribution is -2.20. The van der Waals surface area contributed by atoms with E-state index in [1.54, 1.807) is 24.3 Å². The van der Waals surface area contributed by atoms with Crippen molar-refractivity contribution in [2.45, 2.75) is 13.3 Å². The summed E-state index contributed by atoms with van der Waals surface area (Å²) in [7, 11) is 0. The topological polar surface area (TPSA) is 107 Å². The molecule has 1 aromatic carbocycles. The molecular weight excluding hydrogens is 292 g/mol. The number of rotatable bonds is 6. The second-order valence-electron chi connectivity index (χ2n) is 4.14. The summed E-state index contributed by atoms with van der Waals surface area (Å²) in [6, 6.07) is 6.71. The first-order valence-electron chi connectivity index (χ1n) is 6.24. The molecule has 8 heteroatoms. The van der Waals surface area contributed by atoms with Crippen LogP contribution < -0.4 is 15.8 Å². The molecular formula is C13H14N4O3S. The number of aryl methyl sites for hydroxylation is 1. The van der Waals surface area contributed by atoms with Crippen molar-refractivity contribution >= 4 is 29.0 Å². The van der Waals surface area contributed by atoms with Crippen LogP contribution in [0.15, 0.2) is 24.3 Å². The molecule has 1 aromatic heterocycles. The average molecular weight is 306 g/mol. The molecule has 2 rings (SSSR count). The SMILES string of the molecule is CCc1nnsc1C(=O)Nc1cccc(OCC(N)=O)c1. The lowest BCUT2D eigenvalue weighted by molar-refractivity contribution is -0.119. The lowest BCUT2D eigenvalue weighted by atomic mass is 10.2. The zero-order valence-electron chi connectivity index (χ0n) is 11.3. The molecule has 0 spiro atoms. The van der Waals surface area contributed by atoms with Crippen molar-refractivity contribution in [3.63, 3.8) is 0 Å². The summed E-state index contributed by atoms with van der Waals surface area (Å²) >= 11 is 1.05. The van der Waals surface area contributed by atoms with Crippen LogP contribution in [0, 0.1) is 0 Å². The Morgan fingerprint density at radius 3 is 2.95 bits per heavy atom. The Balaban J connectivity index is 2.07. The van der Waals surface area contributed by atoms with Crippen LogP contribution in [-0.4, -0.2) is 28.0 Å². The van der Waals surface area contributed by atoms with E-state index in [1.807, 2.05) is 6.92 Å². The van der Waals surface area contributed by atoms with Gasteiger partial charge in [0.2, 0.25) is 0 Å². The molecule has 0 aliphatic carbocycles. The van der Waals surface area contributed by atoms with Gasteiger partial charge < -0.3 is 15.8 Å². The maximum Gasteiger partial charge on any atom is 0.269 e. The fourth-order valence-electron chi connectivity index (χ4n) is 1.62. The molecule has 21 heavy (non-hydrogen) atoms. The molecule has 0 aliphatic rings. The monoisotopic (exact) mass is 306 g/mol. The predicted molar refractivity (Wildman–Crippen MR) is 78.4 cm³/mol. The molecule has 7 nitrogen and oxygen atoms in total. The third kappa shape index (κ3) is 3.99. The number of primary amides is 1. The molecule has 0 radical (unpaired) electrons. The Bertz CT molecular complexity index is 656. The van der Waals surface area contributed by atoms with Gasteiger partial charge >= 0.3 is 0 Å². The smallest absolute Gasteiger partial charge is 0.269 e. The van der Waals surface area contributed by atoms with Crippen LogP contribution >= 0.6 is 11.5 Å². The second kappa shape index (κ2) is 6.80. The van der Waals surface area contributed by atoms with Crippen molar-refractivity contribution in [3.8, 4) is 5.75 Å². The summed E-state index contributed by atoms with van der Waals surface area (Å²) in [5.74, 6) is -0.383. The number of carbonyl (C=O) groups excluding carboxylic acids is 2. The lowest BCUT2D eigenvalue weighted by Gasteiger charge is -2.07. The van der Waals surface area contributed by atoms with Crippen LogP contribution in [0.25, 0.3) is 0 Å². The number of hydrogen-bond donors (Lipinski definition) is 2. The van der Waals surface area contributed by atoms with Crippen LogP contribution in [0.1, 0.15) is 22.3 Å². The molecule has 0 saturated heterocycles.